The summed E-state index contributed by atoms with van der Waals surface area (Å²) in [7, 11) is 0. The van der Waals surface area contributed by atoms with Crippen molar-refractivity contribution in [3.05, 3.63) is 33.2 Å². The second-order valence-electron chi connectivity index (χ2n) is 3.94. The molecule has 0 spiro atoms. The van der Waals surface area contributed by atoms with Gasteiger partial charge in [-0.15, -0.1) is 11.3 Å². The standard InChI is InChI=1S/C11H9BrF3N3O2S/c12-7-1-9(21-4-7)10(19)17-8-2-16-18(3-8)6-20-5-11(13,14)15/h1-4H,5-6H2,(H,17,19). The minimum atomic E-state index is -4.38. The summed E-state index contributed by atoms with van der Waals surface area (Å²) in [6, 6.07) is 1.66. The molecule has 0 aliphatic heterocycles. The SMILES string of the molecule is O=C(Nc1cnn(COCC(F)(F)F)c1)c1cc(Br)cs1. The van der Waals surface area contributed by atoms with Crippen LogP contribution in [0.25, 0.3) is 0 Å². The third-order valence-electron chi connectivity index (χ3n) is 2.17. The Bertz CT molecular complexity index is 626. The Morgan fingerprint density at radius 3 is 2.90 bits per heavy atom. The molecule has 0 atom stereocenters. The summed E-state index contributed by atoms with van der Waals surface area (Å²) in [5.41, 5.74) is 0.375. The number of hydrogen-bond acceptors (Lipinski definition) is 4. The number of amides is 1. The van der Waals surface area contributed by atoms with Gasteiger partial charge in [-0.25, -0.2) is 4.68 Å². The first kappa shape index (κ1) is 16.0. The average Bonchev–Trinajstić information content (AvgIpc) is 2.97. The normalized spacial score (nSPS) is 11.6. The molecule has 0 unspecified atom stereocenters. The number of carbonyl (C=O) groups excluding carboxylic acids is 1. The van der Waals surface area contributed by atoms with Crippen molar-refractivity contribution < 1.29 is 22.7 Å². The lowest BCUT2D eigenvalue weighted by molar-refractivity contribution is -0.182. The maximum Gasteiger partial charge on any atom is 0.411 e. The molecule has 0 saturated heterocycles. The highest BCUT2D eigenvalue weighted by Gasteiger charge is 2.27. The fourth-order valence-electron chi connectivity index (χ4n) is 1.38. The van der Waals surface area contributed by atoms with Crippen molar-refractivity contribution in [1.29, 1.82) is 0 Å². The zero-order chi connectivity index (χ0) is 15.5. The van der Waals surface area contributed by atoms with Crippen molar-refractivity contribution in [2.75, 3.05) is 11.9 Å². The molecular formula is C11H9BrF3N3O2S. The highest BCUT2D eigenvalue weighted by molar-refractivity contribution is 9.10. The molecule has 0 bridgehead atoms. The lowest BCUT2D eigenvalue weighted by Crippen LogP contribution is -2.18. The molecule has 0 saturated carbocycles. The van der Waals surface area contributed by atoms with Crippen LogP contribution in [0, 0.1) is 0 Å². The molecule has 0 radical (unpaired) electrons. The molecule has 114 valence electrons. The Morgan fingerprint density at radius 1 is 1.52 bits per heavy atom. The Morgan fingerprint density at radius 2 is 2.29 bits per heavy atom. The molecule has 0 aliphatic carbocycles. The van der Waals surface area contributed by atoms with E-state index in [4.69, 9.17) is 0 Å². The summed E-state index contributed by atoms with van der Waals surface area (Å²) in [5, 5.41) is 8.15. The van der Waals surface area contributed by atoms with Gasteiger partial charge in [-0.3, -0.25) is 4.79 Å². The van der Waals surface area contributed by atoms with E-state index >= 15 is 0 Å². The first-order chi connectivity index (χ1) is 9.83. The Balaban J connectivity index is 1.87. The number of anilines is 1. The Labute approximate surface area is 129 Å². The number of thiophene rings is 1. The molecule has 0 fully saturated rings. The van der Waals surface area contributed by atoms with Gasteiger partial charge in [-0.2, -0.15) is 18.3 Å². The molecule has 1 amide bonds. The van der Waals surface area contributed by atoms with Gasteiger partial charge >= 0.3 is 6.18 Å². The van der Waals surface area contributed by atoms with Gasteiger partial charge in [0.2, 0.25) is 0 Å². The molecule has 2 heterocycles. The van der Waals surface area contributed by atoms with Crippen molar-refractivity contribution in [3.8, 4) is 0 Å². The van der Waals surface area contributed by atoms with E-state index in [1.54, 1.807) is 11.4 Å². The zero-order valence-corrected chi connectivity index (χ0v) is 12.8. The number of aromatic nitrogens is 2. The number of rotatable bonds is 5. The first-order valence-electron chi connectivity index (χ1n) is 5.56. The third kappa shape index (κ3) is 5.14. The molecule has 2 aromatic heterocycles. The number of nitrogens with one attached hydrogen (secondary N) is 1. The van der Waals surface area contributed by atoms with E-state index < -0.39 is 12.8 Å². The number of nitrogens with zero attached hydrogens (tertiary/aromatic N) is 2. The van der Waals surface area contributed by atoms with Crippen molar-refractivity contribution in [1.82, 2.24) is 9.78 Å². The molecule has 0 aromatic carbocycles. The van der Waals surface area contributed by atoms with Gasteiger partial charge in [-0.05, 0) is 22.0 Å². The van der Waals surface area contributed by atoms with Gasteiger partial charge in [-0.1, -0.05) is 0 Å². The Kier molecular flexibility index (Phi) is 5.01. The largest absolute Gasteiger partial charge is 0.411 e. The fourth-order valence-corrected chi connectivity index (χ4v) is 2.70. The van der Waals surface area contributed by atoms with Crippen LogP contribution in [0.3, 0.4) is 0 Å². The van der Waals surface area contributed by atoms with Crippen LogP contribution in [0.15, 0.2) is 28.3 Å². The van der Waals surface area contributed by atoms with E-state index in [-0.39, 0.29) is 12.6 Å². The number of ether oxygens (including phenoxy) is 1. The van der Waals surface area contributed by atoms with Gasteiger partial charge in [0.05, 0.1) is 23.0 Å². The summed E-state index contributed by atoms with van der Waals surface area (Å²) in [4.78, 5) is 12.3. The summed E-state index contributed by atoms with van der Waals surface area (Å²) in [6.07, 6.45) is -1.66. The highest BCUT2D eigenvalue weighted by atomic mass is 79.9. The first-order valence-corrected chi connectivity index (χ1v) is 7.23. The monoisotopic (exact) mass is 383 g/mol. The second-order valence-corrected chi connectivity index (χ2v) is 5.77. The number of carbonyl (C=O) groups is 1. The van der Waals surface area contributed by atoms with Crippen LogP contribution < -0.4 is 5.32 Å². The molecule has 1 N–H and O–H groups in total. The summed E-state index contributed by atoms with van der Waals surface area (Å²) in [6.45, 7) is -1.70. The lowest BCUT2D eigenvalue weighted by Gasteiger charge is -2.07. The topological polar surface area (TPSA) is 56.2 Å². The van der Waals surface area contributed by atoms with Crippen LogP contribution in [0.5, 0.6) is 0 Å². The lowest BCUT2D eigenvalue weighted by atomic mass is 10.4. The molecule has 5 nitrogen and oxygen atoms in total. The van der Waals surface area contributed by atoms with Gasteiger partial charge < -0.3 is 10.1 Å². The summed E-state index contributed by atoms with van der Waals surface area (Å²) >= 11 is 4.50. The van der Waals surface area contributed by atoms with Gasteiger partial charge in [0.1, 0.15) is 13.3 Å². The van der Waals surface area contributed by atoms with Crippen LogP contribution in [0.1, 0.15) is 9.67 Å². The van der Waals surface area contributed by atoms with E-state index in [0.717, 1.165) is 9.15 Å². The zero-order valence-electron chi connectivity index (χ0n) is 10.4. The molecule has 21 heavy (non-hydrogen) atoms. The van der Waals surface area contributed by atoms with Crippen LogP contribution >= 0.6 is 27.3 Å². The average molecular weight is 384 g/mol. The van der Waals surface area contributed by atoms with E-state index in [0.29, 0.717) is 10.6 Å². The maximum atomic E-state index is 11.9. The van der Waals surface area contributed by atoms with E-state index in [9.17, 15) is 18.0 Å². The van der Waals surface area contributed by atoms with Gasteiger partial charge in [0.25, 0.3) is 5.91 Å². The predicted octanol–water partition coefficient (Wildman–Crippen LogP) is 3.50. The minimum absolute atomic E-state index is 0.318. The van der Waals surface area contributed by atoms with Crippen molar-refractivity contribution in [2.45, 2.75) is 12.9 Å². The molecule has 2 rings (SSSR count). The van der Waals surface area contributed by atoms with Crippen molar-refractivity contribution >= 4 is 38.9 Å². The summed E-state index contributed by atoms with van der Waals surface area (Å²) in [5.74, 6) is -0.318. The molecule has 0 aliphatic rings. The smallest absolute Gasteiger partial charge is 0.350 e. The van der Waals surface area contributed by atoms with Crippen molar-refractivity contribution in [2.24, 2.45) is 0 Å². The van der Waals surface area contributed by atoms with Crippen LogP contribution in [0.2, 0.25) is 0 Å². The van der Waals surface area contributed by atoms with Crippen LogP contribution in [-0.2, 0) is 11.5 Å². The molecular weight excluding hydrogens is 375 g/mol. The Hall–Kier alpha value is -1.39. The van der Waals surface area contributed by atoms with E-state index in [2.05, 4.69) is 31.1 Å². The number of hydrogen-bond donors (Lipinski definition) is 1. The van der Waals surface area contributed by atoms with Gasteiger partial charge in [0, 0.05) is 9.85 Å². The third-order valence-corrected chi connectivity index (χ3v) is 3.86. The highest BCUT2D eigenvalue weighted by Crippen LogP contribution is 2.21. The minimum Gasteiger partial charge on any atom is -0.350 e. The van der Waals surface area contributed by atoms with E-state index in [1.165, 1.54) is 23.7 Å². The van der Waals surface area contributed by atoms with Crippen molar-refractivity contribution in [3.63, 3.8) is 0 Å². The van der Waals surface area contributed by atoms with Crippen LogP contribution in [-0.4, -0.2) is 28.5 Å². The fraction of sp³-hybridized carbons (Fsp3) is 0.273. The molecule has 10 heteroatoms. The predicted molar refractivity (Wildman–Crippen MR) is 74.2 cm³/mol. The number of halogens is 4. The maximum absolute atomic E-state index is 11.9. The van der Waals surface area contributed by atoms with E-state index in [1.807, 2.05) is 0 Å². The quantitative estimate of drug-likeness (QED) is 0.859. The molecule has 2 aromatic rings. The summed E-state index contributed by atoms with van der Waals surface area (Å²) < 4.78 is 42.1. The van der Waals surface area contributed by atoms with Crippen LogP contribution in [0.4, 0.5) is 18.9 Å². The number of alkyl halides is 3. The van der Waals surface area contributed by atoms with Gasteiger partial charge in [0.15, 0.2) is 0 Å². The second kappa shape index (κ2) is 6.58.